The van der Waals surface area contributed by atoms with Crippen LogP contribution in [0.5, 0.6) is 5.75 Å². The molecule has 2 amide bonds. The topological polar surface area (TPSA) is 72.6 Å². The number of amides is 2. The van der Waals surface area contributed by atoms with Crippen molar-refractivity contribution in [3.05, 3.63) is 24.3 Å². The van der Waals surface area contributed by atoms with Crippen LogP contribution in [0.1, 0.15) is 13.3 Å². The Labute approximate surface area is 134 Å². The highest BCUT2D eigenvalue weighted by Crippen LogP contribution is 2.30. The van der Waals surface area contributed by atoms with Crippen molar-refractivity contribution in [2.45, 2.75) is 18.6 Å². The van der Waals surface area contributed by atoms with Gasteiger partial charge in [-0.3, -0.25) is 9.59 Å². The standard InChI is InChI=1S/C14H18N2O3S.ClH/c1-2-19-11-5-3-10(4-6-11)16-13(17)9-12(14(16)18)20-8-7-15;/h3-6,12H,2,7-9,15H2,1H3;1H/p-1. The molecule has 1 heterocycles. The molecule has 0 bridgehead atoms. The highest BCUT2D eigenvalue weighted by Gasteiger charge is 2.39. The van der Waals surface area contributed by atoms with Gasteiger partial charge in [-0.1, -0.05) is 0 Å². The van der Waals surface area contributed by atoms with Crippen LogP contribution in [0.25, 0.3) is 0 Å². The fraction of sp³-hybridized carbons (Fsp3) is 0.429. The average Bonchev–Trinajstić information content (AvgIpc) is 2.73. The Kier molecular flexibility index (Phi) is 7.01. The molecule has 7 heteroatoms. The van der Waals surface area contributed by atoms with Gasteiger partial charge < -0.3 is 22.9 Å². The maximum Gasteiger partial charge on any atom is 0.247 e. The minimum absolute atomic E-state index is 0. The van der Waals surface area contributed by atoms with Gasteiger partial charge in [0.1, 0.15) is 5.75 Å². The summed E-state index contributed by atoms with van der Waals surface area (Å²) in [4.78, 5) is 25.5. The first-order valence-corrected chi connectivity index (χ1v) is 7.63. The molecule has 1 atom stereocenters. The maximum absolute atomic E-state index is 12.2. The third-order valence-electron chi connectivity index (χ3n) is 2.95. The van der Waals surface area contributed by atoms with Crippen molar-refractivity contribution in [2.75, 3.05) is 23.8 Å². The Morgan fingerprint density at radius 1 is 1.33 bits per heavy atom. The lowest BCUT2D eigenvalue weighted by atomic mass is 10.3. The Morgan fingerprint density at radius 2 is 2.00 bits per heavy atom. The van der Waals surface area contributed by atoms with Gasteiger partial charge in [0.05, 0.1) is 17.5 Å². The number of carbonyl (C=O) groups is 2. The Bertz CT molecular complexity index is 495. The molecule has 0 aromatic heterocycles. The molecule has 0 radical (unpaired) electrons. The number of nitrogens with zero attached hydrogens (tertiary/aromatic N) is 1. The number of carbonyl (C=O) groups excluding carboxylic acids is 2. The lowest BCUT2D eigenvalue weighted by Crippen LogP contribution is -3.00. The van der Waals surface area contributed by atoms with E-state index in [4.69, 9.17) is 10.5 Å². The lowest BCUT2D eigenvalue weighted by Gasteiger charge is -2.15. The van der Waals surface area contributed by atoms with Crippen LogP contribution in [0.2, 0.25) is 0 Å². The molecule has 1 aliphatic heterocycles. The van der Waals surface area contributed by atoms with E-state index in [1.807, 2.05) is 6.92 Å². The molecular formula is C14H18ClN2O3S-. The number of imide groups is 1. The van der Waals surface area contributed by atoms with Gasteiger partial charge in [0.15, 0.2) is 0 Å². The van der Waals surface area contributed by atoms with Crippen LogP contribution in [0.15, 0.2) is 24.3 Å². The molecule has 1 saturated heterocycles. The Hall–Kier alpha value is -1.24. The quantitative estimate of drug-likeness (QED) is 0.637. The molecule has 1 fully saturated rings. The van der Waals surface area contributed by atoms with E-state index in [9.17, 15) is 9.59 Å². The van der Waals surface area contributed by atoms with Gasteiger partial charge >= 0.3 is 0 Å². The van der Waals surface area contributed by atoms with Crippen molar-refractivity contribution in [1.29, 1.82) is 0 Å². The second kappa shape index (κ2) is 8.26. The SMILES string of the molecule is CCOc1ccc(N2C(=O)CC(SCCN)C2=O)cc1.[Cl-]. The first kappa shape index (κ1) is 17.8. The number of hydrogen-bond donors (Lipinski definition) is 1. The van der Waals surface area contributed by atoms with Crippen LogP contribution in [0.3, 0.4) is 0 Å². The Balaban J connectivity index is 0.00000220. The van der Waals surface area contributed by atoms with E-state index in [1.165, 1.54) is 16.7 Å². The van der Waals surface area contributed by atoms with Gasteiger partial charge in [0, 0.05) is 18.7 Å². The fourth-order valence-corrected chi connectivity index (χ4v) is 3.00. The van der Waals surface area contributed by atoms with Gasteiger partial charge in [-0.15, -0.1) is 11.8 Å². The van der Waals surface area contributed by atoms with Gasteiger partial charge in [-0.05, 0) is 31.2 Å². The summed E-state index contributed by atoms with van der Waals surface area (Å²) in [6.45, 7) is 2.99. The Morgan fingerprint density at radius 3 is 2.57 bits per heavy atom. The number of halogens is 1. The highest BCUT2D eigenvalue weighted by molar-refractivity contribution is 8.00. The number of anilines is 1. The fourth-order valence-electron chi connectivity index (χ4n) is 2.07. The summed E-state index contributed by atoms with van der Waals surface area (Å²) in [5, 5.41) is -0.308. The zero-order valence-electron chi connectivity index (χ0n) is 11.8. The number of hydrogen-bond acceptors (Lipinski definition) is 5. The normalized spacial score (nSPS) is 17.8. The highest BCUT2D eigenvalue weighted by atomic mass is 35.5. The van der Waals surface area contributed by atoms with E-state index in [-0.39, 0.29) is 35.9 Å². The molecule has 1 aromatic carbocycles. The number of thioether (sulfide) groups is 1. The van der Waals surface area contributed by atoms with Crippen LogP contribution in [0, 0.1) is 0 Å². The van der Waals surface area contributed by atoms with Gasteiger partial charge in [0.2, 0.25) is 11.8 Å². The molecule has 2 N–H and O–H groups in total. The van der Waals surface area contributed by atoms with E-state index < -0.39 is 0 Å². The monoisotopic (exact) mass is 329 g/mol. The number of rotatable bonds is 6. The minimum Gasteiger partial charge on any atom is -1.00 e. The minimum atomic E-state index is -0.308. The van der Waals surface area contributed by atoms with Crippen molar-refractivity contribution in [2.24, 2.45) is 5.73 Å². The summed E-state index contributed by atoms with van der Waals surface area (Å²) in [6.07, 6.45) is 0.247. The van der Waals surface area contributed by atoms with Gasteiger partial charge in [-0.25, -0.2) is 4.90 Å². The van der Waals surface area contributed by atoms with Gasteiger partial charge in [0.25, 0.3) is 0 Å². The first-order chi connectivity index (χ1) is 9.67. The maximum atomic E-state index is 12.2. The van der Waals surface area contributed by atoms with Crippen LogP contribution in [-0.4, -0.2) is 36.0 Å². The zero-order valence-corrected chi connectivity index (χ0v) is 13.3. The van der Waals surface area contributed by atoms with Crippen LogP contribution >= 0.6 is 11.8 Å². The third-order valence-corrected chi connectivity index (χ3v) is 4.19. The predicted octanol–water partition coefficient (Wildman–Crippen LogP) is -1.59. The second-order valence-electron chi connectivity index (χ2n) is 4.35. The molecular weight excluding hydrogens is 312 g/mol. The molecule has 2 rings (SSSR count). The molecule has 1 unspecified atom stereocenters. The zero-order chi connectivity index (χ0) is 14.5. The smallest absolute Gasteiger partial charge is 0.247 e. The molecule has 1 aliphatic rings. The van der Waals surface area contributed by atoms with Gasteiger partial charge in [-0.2, -0.15) is 0 Å². The van der Waals surface area contributed by atoms with E-state index >= 15 is 0 Å². The summed E-state index contributed by atoms with van der Waals surface area (Å²) in [5.74, 6) is 1.09. The molecule has 0 aliphatic carbocycles. The van der Waals surface area contributed by atoms with Crippen molar-refractivity contribution in [1.82, 2.24) is 0 Å². The van der Waals surface area contributed by atoms with Crippen LogP contribution in [0.4, 0.5) is 5.69 Å². The van der Waals surface area contributed by atoms with Crippen molar-refractivity contribution in [3.8, 4) is 5.75 Å². The molecule has 116 valence electrons. The average molecular weight is 330 g/mol. The first-order valence-electron chi connectivity index (χ1n) is 6.58. The largest absolute Gasteiger partial charge is 1.00 e. The molecule has 0 spiro atoms. The number of ether oxygens (including phenoxy) is 1. The van der Waals surface area contributed by atoms with Crippen molar-refractivity contribution >= 4 is 29.3 Å². The lowest BCUT2D eigenvalue weighted by molar-refractivity contribution is -0.121. The summed E-state index contributed by atoms with van der Waals surface area (Å²) < 4.78 is 5.35. The third kappa shape index (κ3) is 4.12. The van der Waals surface area contributed by atoms with E-state index in [0.717, 1.165) is 5.75 Å². The van der Waals surface area contributed by atoms with Crippen LogP contribution in [-0.2, 0) is 9.59 Å². The summed E-state index contributed by atoms with van der Waals surface area (Å²) in [7, 11) is 0. The van der Waals surface area contributed by atoms with E-state index in [1.54, 1.807) is 24.3 Å². The van der Waals surface area contributed by atoms with E-state index in [0.29, 0.717) is 24.6 Å². The summed E-state index contributed by atoms with van der Waals surface area (Å²) >= 11 is 1.44. The number of nitrogens with two attached hydrogens (primary N) is 1. The molecule has 0 saturated carbocycles. The molecule has 21 heavy (non-hydrogen) atoms. The summed E-state index contributed by atoms with van der Waals surface area (Å²) in [5.41, 5.74) is 6.03. The van der Waals surface area contributed by atoms with Crippen LogP contribution < -0.4 is 27.8 Å². The van der Waals surface area contributed by atoms with Crippen molar-refractivity contribution in [3.63, 3.8) is 0 Å². The molecule has 5 nitrogen and oxygen atoms in total. The molecule has 1 aromatic rings. The number of benzene rings is 1. The van der Waals surface area contributed by atoms with Crippen molar-refractivity contribution < 1.29 is 26.7 Å². The predicted molar refractivity (Wildman–Crippen MR) is 80.0 cm³/mol. The van der Waals surface area contributed by atoms with E-state index in [2.05, 4.69) is 0 Å². The second-order valence-corrected chi connectivity index (χ2v) is 5.66. The summed E-state index contributed by atoms with van der Waals surface area (Å²) in [6, 6.07) is 6.99.